The van der Waals surface area contributed by atoms with E-state index in [0.717, 1.165) is 110 Å². The fraction of sp³-hybridized carbons (Fsp3) is 0. The topological polar surface area (TPSA) is 59.9 Å². The first-order chi connectivity index (χ1) is 26.7. The Morgan fingerprint density at radius 3 is 1.43 bits per heavy atom. The highest BCUT2D eigenvalue weighted by molar-refractivity contribution is 6.25. The molecule has 0 aliphatic heterocycles. The second kappa shape index (κ2) is 10.7. The molecule has 54 heavy (non-hydrogen) atoms. The molecule has 4 aromatic heterocycles. The Balaban J connectivity index is 1.21. The van der Waals surface area contributed by atoms with E-state index in [4.69, 9.17) is 8.83 Å². The summed E-state index contributed by atoms with van der Waals surface area (Å²) in [6.07, 6.45) is 0. The Kier molecular flexibility index (Phi) is 5.78. The molecule has 0 N–H and O–H groups in total. The van der Waals surface area contributed by atoms with Crippen LogP contribution >= 0.6 is 0 Å². The van der Waals surface area contributed by atoms with Gasteiger partial charge in [-0.15, -0.1) is 0 Å². The average Bonchev–Trinajstić information content (AvgIpc) is 3.98. The summed E-state index contributed by atoms with van der Waals surface area (Å²) in [5.74, 6) is 0. The number of rotatable bonds is 3. The fourth-order valence-electron chi connectivity index (χ4n) is 8.81. The van der Waals surface area contributed by atoms with Gasteiger partial charge in [-0.2, -0.15) is 5.26 Å². The van der Waals surface area contributed by atoms with E-state index in [9.17, 15) is 5.26 Å². The fourth-order valence-corrected chi connectivity index (χ4v) is 8.81. The number of nitriles is 1. The van der Waals surface area contributed by atoms with Crippen LogP contribution in [0, 0.1) is 11.3 Å². The zero-order chi connectivity index (χ0) is 35.5. The Labute approximate surface area is 307 Å². The number of furan rings is 2. The second-order valence-corrected chi connectivity index (χ2v) is 14.0. The molecule has 0 aliphatic rings. The summed E-state index contributed by atoms with van der Waals surface area (Å²) >= 11 is 0. The van der Waals surface area contributed by atoms with Crippen molar-refractivity contribution in [2.24, 2.45) is 0 Å². The Morgan fingerprint density at radius 1 is 0.389 bits per heavy atom. The maximum Gasteiger partial charge on any atom is 0.145 e. The summed E-state index contributed by atoms with van der Waals surface area (Å²) in [6.45, 7) is 0. The summed E-state index contributed by atoms with van der Waals surface area (Å²) in [7, 11) is 0. The number of hydrogen-bond acceptors (Lipinski definition) is 3. The van der Waals surface area contributed by atoms with Crippen LogP contribution < -0.4 is 0 Å². The van der Waals surface area contributed by atoms with E-state index in [0.29, 0.717) is 5.56 Å². The van der Waals surface area contributed by atoms with Crippen molar-refractivity contribution in [3.05, 3.63) is 169 Å². The van der Waals surface area contributed by atoms with Gasteiger partial charge in [-0.05, 0) is 90.0 Å². The van der Waals surface area contributed by atoms with Gasteiger partial charge in [0.15, 0.2) is 0 Å². The largest absolute Gasteiger partial charge is 0.455 e. The van der Waals surface area contributed by atoms with Crippen LogP contribution in [0.25, 0.3) is 110 Å². The molecule has 0 aliphatic carbocycles. The molecule has 0 fully saturated rings. The minimum atomic E-state index is 0.618. The van der Waals surface area contributed by atoms with Gasteiger partial charge in [0.2, 0.25) is 0 Å². The van der Waals surface area contributed by atoms with Gasteiger partial charge in [-0.3, -0.25) is 0 Å². The molecule has 0 atom stereocenters. The number of hydrogen-bond donors (Lipinski definition) is 0. The molecule has 8 aromatic carbocycles. The third-order valence-corrected chi connectivity index (χ3v) is 11.1. The average molecular weight is 690 g/mol. The van der Waals surface area contributed by atoms with Crippen LogP contribution in [0.4, 0.5) is 0 Å². The summed E-state index contributed by atoms with van der Waals surface area (Å²) in [4.78, 5) is 0. The van der Waals surface area contributed by atoms with Crippen molar-refractivity contribution in [1.29, 1.82) is 5.26 Å². The minimum Gasteiger partial charge on any atom is -0.455 e. The monoisotopic (exact) mass is 689 g/mol. The van der Waals surface area contributed by atoms with E-state index < -0.39 is 0 Å². The molecule has 5 nitrogen and oxygen atoms in total. The standard InChI is InChI=1S/C49H27N3O2/c50-28-29-10-9-11-30(24-29)31-25-32(51-40-16-5-1-14-38(40)46-42(51)22-20-36-34-12-3-7-18-44(34)53-48(36)46)27-33(26-31)52-41-17-6-2-15-39(41)47-43(52)23-21-37-35-13-4-8-19-45(35)54-49(37)47/h1-27H. The SMILES string of the molecule is N#Cc1cccc(-c2cc(-n3c4ccccc4c4c5oc6ccccc6c5ccc43)cc(-n3c4ccccc4c4c5oc6ccccc6c5ccc43)c2)c1. The summed E-state index contributed by atoms with van der Waals surface area (Å²) in [6, 6.07) is 59.4. The van der Waals surface area contributed by atoms with E-state index in [-0.39, 0.29) is 0 Å². The van der Waals surface area contributed by atoms with Crippen molar-refractivity contribution in [2.75, 3.05) is 0 Å². The summed E-state index contributed by atoms with van der Waals surface area (Å²) in [5, 5.41) is 18.7. The Hall–Kier alpha value is -7.55. The number of para-hydroxylation sites is 4. The van der Waals surface area contributed by atoms with Gasteiger partial charge in [-0.25, -0.2) is 0 Å². The van der Waals surface area contributed by atoms with Crippen LogP contribution in [0.15, 0.2) is 173 Å². The van der Waals surface area contributed by atoms with Crippen molar-refractivity contribution >= 4 is 87.5 Å². The van der Waals surface area contributed by atoms with Crippen LogP contribution in [0.1, 0.15) is 5.56 Å². The van der Waals surface area contributed by atoms with Gasteiger partial charge >= 0.3 is 0 Å². The molecule has 4 heterocycles. The van der Waals surface area contributed by atoms with E-state index in [1.807, 2.05) is 42.5 Å². The second-order valence-electron chi connectivity index (χ2n) is 14.0. The number of aromatic nitrogens is 2. The number of nitrogens with zero attached hydrogens (tertiary/aromatic N) is 3. The van der Waals surface area contributed by atoms with Crippen LogP contribution in [-0.4, -0.2) is 9.13 Å². The van der Waals surface area contributed by atoms with Gasteiger partial charge in [0.05, 0.1) is 44.5 Å². The molecule has 0 amide bonds. The highest BCUT2D eigenvalue weighted by atomic mass is 16.3. The molecular weight excluding hydrogens is 663 g/mol. The maximum absolute atomic E-state index is 9.89. The van der Waals surface area contributed by atoms with E-state index in [2.05, 4.69) is 137 Å². The van der Waals surface area contributed by atoms with Crippen LogP contribution in [0.3, 0.4) is 0 Å². The van der Waals surface area contributed by atoms with Gasteiger partial charge < -0.3 is 18.0 Å². The lowest BCUT2D eigenvalue weighted by Gasteiger charge is -2.16. The summed E-state index contributed by atoms with van der Waals surface area (Å²) < 4.78 is 17.9. The first kappa shape index (κ1) is 29.1. The van der Waals surface area contributed by atoms with Crippen molar-refractivity contribution in [2.45, 2.75) is 0 Å². The van der Waals surface area contributed by atoms with Crippen molar-refractivity contribution in [3.63, 3.8) is 0 Å². The third-order valence-electron chi connectivity index (χ3n) is 11.1. The molecule has 250 valence electrons. The Bertz CT molecular complexity index is 3380. The van der Waals surface area contributed by atoms with E-state index in [1.54, 1.807) is 0 Å². The van der Waals surface area contributed by atoms with Crippen molar-refractivity contribution in [1.82, 2.24) is 9.13 Å². The van der Waals surface area contributed by atoms with Crippen molar-refractivity contribution in [3.8, 4) is 28.6 Å². The predicted octanol–water partition coefficient (Wildman–Crippen LogP) is 13.2. The van der Waals surface area contributed by atoms with E-state index >= 15 is 0 Å². The lowest BCUT2D eigenvalue weighted by molar-refractivity contribution is 0.672. The predicted molar refractivity (Wildman–Crippen MR) is 220 cm³/mol. The van der Waals surface area contributed by atoms with Crippen LogP contribution in [0.5, 0.6) is 0 Å². The van der Waals surface area contributed by atoms with Gasteiger partial charge in [-0.1, -0.05) is 84.9 Å². The normalized spacial score (nSPS) is 12.1. The van der Waals surface area contributed by atoms with Gasteiger partial charge in [0.25, 0.3) is 0 Å². The van der Waals surface area contributed by atoms with E-state index in [1.165, 1.54) is 0 Å². The van der Waals surface area contributed by atoms with Crippen LogP contribution in [-0.2, 0) is 0 Å². The smallest absolute Gasteiger partial charge is 0.145 e. The molecule has 0 saturated heterocycles. The molecule has 0 bridgehead atoms. The number of fused-ring (bicyclic) bond motifs is 14. The van der Waals surface area contributed by atoms with Gasteiger partial charge in [0.1, 0.15) is 22.3 Å². The molecule has 12 aromatic rings. The minimum absolute atomic E-state index is 0.618. The lowest BCUT2D eigenvalue weighted by Crippen LogP contribution is -2.00. The lowest BCUT2D eigenvalue weighted by atomic mass is 10.0. The maximum atomic E-state index is 9.89. The molecular formula is C49H27N3O2. The molecule has 0 spiro atoms. The molecule has 0 radical (unpaired) electrons. The number of benzene rings is 8. The molecule has 0 saturated carbocycles. The first-order valence-electron chi connectivity index (χ1n) is 18.1. The Morgan fingerprint density at radius 2 is 0.889 bits per heavy atom. The zero-order valence-corrected chi connectivity index (χ0v) is 28.7. The molecule has 0 unspecified atom stereocenters. The van der Waals surface area contributed by atoms with Gasteiger partial charge in [0, 0.05) is 43.7 Å². The first-order valence-corrected chi connectivity index (χ1v) is 18.1. The van der Waals surface area contributed by atoms with Crippen molar-refractivity contribution < 1.29 is 8.83 Å². The highest BCUT2D eigenvalue weighted by Gasteiger charge is 2.22. The van der Waals surface area contributed by atoms with Crippen LogP contribution in [0.2, 0.25) is 0 Å². The molecule has 5 heteroatoms. The molecule has 12 rings (SSSR count). The highest BCUT2D eigenvalue weighted by Crippen LogP contribution is 2.44. The third kappa shape index (κ3) is 3.91. The summed E-state index contributed by atoms with van der Waals surface area (Å²) in [5.41, 5.74) is 12.4. The zero-order valence-electron chi connectivity index (χ0n) is 28.7. The quantitative estimate of drug-likeness (QED) is 0.185.